The predicted octanol–water partition coefficient (Wildman–Crippen LogP) is 2.57. The highest BCUT2D eigenvalue weighted by atomic mass is 28.4. The molecule has 2 atom stereocenters. The third-order valence-corrected chi connectivity index (χ3v) is 3.73. The Morgan fingerprint density at radius 2 is 2.13 bits per heavy atom. The molecule has 1 heterocycles. The Labute approximate surface area is 93.3 Å². The summed E-state index contributed by atoms with van der Waals surface area (Å²) in [6.07, 6.45) is 2.45. The van der Waals surface area contributed by atoms with Crippen molar-refractivity contribution in [1.82, 2.24) is 0 Å². The van der Waals surface area contributed by atoms with Crippen LogP contribution in [-0.4, -0.2) is 27.0 Å². The quantitative estimate of drug-likeness (QED) is 0.550. The van der Waals surface area contributed by atoms with Crippen LogP contribution in [0.3, 0.4) is 0 Å². The normalized spacial score (nSPS) is 27.6. The molecule has 1 rings (SSSR count). The minimum Gasteiger partial charge on any atom is -0.462 e. The predicted molar refractivity (Wildman–Crippen MR) is 62.2 cm³/mol. The van der Waals surface area contributed by atoms with Crippen molar-refractivity contribution in [1.29, 1.82) is 0 Å². The van der Waals surface area contributed by atoms with E-state index in [0.717, 1.165) is 19.4 Å². The Morgan fingerprint density at radius 1 is 1.47 bits per heavy atom. The lowest BCUT2D eigenvalue weighted by Crippen LogP contribution is -2.34. The number of ether oxygens (including phenoxy) is 1. The minimum absolute atomic E-state index is 0.0499. The molecule has 0 aromatic rings. The van der Waals surface area contributed by atoms with Crippen LogP contribution in [0.15, 0.2) is 0 Å². The summed E-state index contributed by atoms with van der Waals surface area (Å²) in [6, 6.07) is 0. The maximum Gasteiger partial charge on any atom is 0.306 e. The van der Waals surface area contributed by atoms with E-state index in [2.05, 4.69) is 26.6 Å². The van der Waals surface area contributed by atoms with Gasteiger partial charge in [-0.05, 0) is 32.0 Å². The number of rotatable bonds is 4. The minimum atomic E-state index is -1.42. The smallest absolute Gasteiger partial charge is 0.306 e. The Morgan fingerprint density at radius 3 is 2.73 bits per heavy atom. The van der Waals surface area contributed by atoms with Crippen LogP contribution in [0, 0.1) is 5.92 Å². The van der Waals surface area contributed by atoms with Crippen molar-refractivity contribution in [3.05, 3.63) is 0 Å². The van der Waals surface area contributed by atoms with Crippen molar-refractivity contribution in [3.63, 3.8) is 0 Å². The van der Waals surface area contributed by atoms with Crippen molar-refractivity contribution in [3.8, 4) is 0 Å². The summed E-state index contributed by atoms with van der Waals surface area (Å²) in [5, 5.41) is 0. The Balaban J connectivity index is 2.27. The van der Waals surface area contributed by atoms with Crippen LogP contribution < -0.4 is 0 Å². The van der Waals surface area contributed by atoms with E-state index >= 15 is 0 Å². The van der Waals surface area contributed by atoms with Crippen LogP contribution >= 0.6 is 0 Å². The Kier molecular flexibility index (Phi) is 4.34. The molecule has 1 fully saturated rings. The van der Waals surface area contributed by atoms with Crippen molar-refractivity contribution in [2.75, 3.05) is 6.61 Å². The molecule has 0 bridgehead atoms. The van der Waals surface area contributed by atoms with Crippen LogP contribution in [-0.2, 0) is 14.0 Å². The van der Waals surface area contributed by atoms with Crippen molar-refractivity contribution < 1.29 is 14.0 Å². The van der Waals surface area contributed by atoms with Gasteiger partial charge in [0, 0.05) is 19.4 Å². The zero-order valence-electron chi connectivity index (χ0n) is 10.2. The second kappa shape index (κ2) is 5.12. The van der Waals surface area contributed by atoms with Crippen LogP contribution in [0.4, 0.5) is 0 Å². The Hall–Kier alpha value is -0.353. The number of carbonyl (C=O) groups excluding carboxylic acids is 1. The van der Waals surface area contributed by atoms with Gasteiger partial charge in [0.25, 0.3) is 0 Å². The fraction of sp³-hybridized carbons (Fsp3) is 0.909. The van der Waals surface area contributed by atoms with E-state index < -0.39 is 8.32 Å². The van der Waals surface area contributed by atoms with Gasteiger partial charge in [-0.1, -0.05) is 6.92 Å². The molecular weight excluding hydrogens is 208 g/mol. The molecule has 0 saturated carbocycles. The molecule has 0 amide bonds. The third kappa shape index (κ3) is 4.80. The van der Waals surface area contributed by atoms with Crippen LogP contribution in [0.2, 0.25) is 19.6 Å². The van der Waals surface area contributed by atoms with E-state index in [0.29, 0.717) is 12.3 Å². The largest absolute Gasteiger partial charge is 0.462 e. The summed E-state index contributed by atoms with van der Waals surface area (Å²) in [5.74, 6) is 0.430. The first kappa shape index (κ1) is 12.7. The molecule has 1 aliphatic rings. The fourth-order valence-corrected chi connectivity index (χ4v) is 2.43. The molecule has 15 heavy (non-hydrogen) atoms. The van der Waals surface area contributed by atoms with Crippen molar-refractivity contribution in [2.24, 2.45) is 5.92 Å². The van der Waals surface area contributed by atoms with Crippen molar-refractivity contribution in [2.45, 2.75) is 51.9 Å². The average molecular weight is 230 g/mol. The van der Waals surface area contributed by atoms with E-state index in [4.69, 9.17) is 9.16 Å². The monoisotopic (exact) mass is 230 g/mol. The molecule has 88 valence electrons. The summed E-state index contributed by atoms with van der Waals surface area (Å²) in [7, 11) is -1.42. The lowest BCUT2D eigenvalue weighted by atomic mass is 9.94. The maximum atomic E-state index is 11.1. The maximum absolute atomic E-state index is 11.1. The molecule has 0 aromatic carbocycles. The first-order valence-electron chi connectivity index (χ1n) is 5.72. The summed E-state index contributed by atoms with van der Waals surface area (Å²) >= 11 is 0. The molecule has 1 aliphatic heterocycles. The lowest BCUT2D eigenvalue weighted by molar-refractivity contribution is -0.158. The SMILES string of the molecule is C[C@H]1CCC(=O)O[C@@H]1CCO[Si](C)(C)C. The van der Waals surface area contributed by atoms with Gasteiger partial charge in [-0.2, -0.15) is 0 Å². The van der Waals surface area contributed by atoms with Gasteiger partial charge in [0.15, 0.2) is 8.32 Å². The molecule has 0 aromatic heterocycles. The van der Waals surface area contributed by atoms with Gasteiger partial charge in [0.2, 0.25) is 0 Å². The van der Waals surface area contributed by atoms with Gasteiger partial charge >= 0.3 is 5.97 Å². The first-order valence-corrected chi connectivity index (χ1v) is 9.13. The van der Waals surface area contributed by atoms with Crippen molar-refractivity contribution >= 4 is 14.3 Å². The van der Waals surface area contributed by atoms with Gasteiger partial charge in [0.05, 0.1) is 0 Å². The topological polar surface area (TPSA) is 35.5 Å². The standard InChI is InChI=1S/C11H22O3Si/c1-9-5-6-11(12)14-10(9)7-8-13-15(2,3)4/h9-10H,5-8H2,1-4H3/t9-,10+/m0/s1. The number of hydrogen-bond acceptors (Lipinski definition) is 3. The van der Waals surface area contributed by atoms with Crippen LogP contribution in [0.5, 0.6) is 0 Å². The molecule has 4 heteroatoms. The number of cyclic esters (lactones) is 1. The van der Waals surface area contributed by atoms with E-state index in [-0.39, 0.29) is 12.1 Å². The summed E-state index contributed by atoms with van der Waals surface area (Å²) in [5.41, 5.74) is 0. The molecule has 0 N–H and O–H groups in total. The Bertz CT molecular complexity index is 222. The van der Waals surface area contributed by atoms with Crippen LogP contribution in [0.1, 0.15) is 26.2 Å². The van der Waals surface area contributed by atoms with E-state index in [9.17, 15) is 4.79 Å². The number of carbonyl (C=O) groups is 1. The average Bonchev–Trinajstić information content (AvgIpc) is 2.09. The molecule has 0 aliphatic carbocycles. The first-order chi connectivity index (χ1) is 6.88. The van der Waals surface area contributed by atoms with E-state index in [1.807, 2.05) is 0 Å². The molecular formula is C11H22O3Si. The van der Waals surface area contributed by atoms with E-state index in [1.54, 1.807) is 0 Å². The second-order valence-corrected chi connectivity index (χ2v) is 9.81. The highest BCUT2D eigenvalue weighted by molar-refractivity contribution is 6.69. The highest BCUT2D eigenvalue weighted by Gasteiger charge is 2.27. The molecule has 0 radical (unpaired) electrons. The molecule has 0 unspecified atom stereocenters. The zero-order valence-corrected chi connectivity index (χ0v) is 11.2. The second-order valence-electron chi connectivity index (χ2n) is 5.29. The molecule has 3 nitrogen and oxygen atoms in total. The summed E-state index contributed by atoms with van der Waals surface area (Å²) < 4.78 is 11.1. The van der Waals surface area contributed by atoms with Gasteiger partial charge in [-0.15, -0.1) is 0 Å². The van der Waals surface area contributed by atoms with E-state index in [1.165, 1.54) is 0 Å². The van der Waals surface area contributed by atoms with Gasteiger partial charge in [0.1, 0.15) is 6.10 Å². The number of esters is 1. The fourth-order valence-electron chi connectivity index (χ4n) is 1.70. The molecule has 0 spiro atoms. The van der Waals surface area contributed by atoms with Gasteiger partial charge < -0.3 is 9.16 Å². The summed E-state index contributed by atoms with van der Waals surface area (Å²) in [6.45, 7) is 9.37. The third-order valence-electron chi connectivity index (χ3n) is 2.66. The molecule has 1 saturated heterocycles. The highest BCUT2D eigenvalue weighted by Crippen LogP contribution is 2.23. The van der Waals surface area contributed by atoms with Gasteiger partial charge in [-0.25, -0.2) is 0 Å². The lowest BCUT2D eigenvalue weighted by Gasteiger charge is -2.29. The number of hydrogen-bond donors (Lipinski definition) is 0. The van der Waals surface area contributed by atoms with Crippen LogP contribution in [0.25, 0.3) is 0 Å². The van der Waals surface area contributed by atoms with Gasteiger partial charge in [-0.3, -0.25) is 4.79 Å². The zero-order chi connectivity index (χ0) is 11.5. The summed E-state index contributed by atoms with van der Waals surface area (Å²) in [4.78, 5) is 11.1.